The molecule has 0 aromatic heterocycles. The highest BCUT2D eigenvalue weighted by Crippen LogP contribution is 2.30. The van der Waals surface area contributed by atoms with Gasteiger partial charge in [0.2, 0.25) is 0 Å². The number of rotatable bonds is 4. The number of esters is 1. The Balaban J connectivity index is 3.29. The highest BCUT2D eigenvalue weighted by atomic mass is 16.5. The Morgan fingerprint density at radius 1 is 1.29 bits per heavy atom. The van der Waals surface area contributed by atoms with Gasteiger partial charge in [0.15, 0.2) is 11.5 Å². The van der Waals surface area contributed by atoms with Crippen molar-refractivity contribution < 1.29 is 19.0 Å². The van der Waals surface area contributed by atoms with Crippen LogP contribution >= 0.6 is 0 Å². The average Bonchev–Trinajstić information content (AvgIpc) is 2.37. The summed E-state index contributed by atoms with van der Waals surface area (Å²) in [4.78, 5) is 11.6. The molecule has 0 unspecified atom stereocenters. The molecule has 0 saturated heterocycles. The molecule has 0 aliphatic carbocycles. The zero-order chi connectivity index (χ0) is 12.8. The molecule has 0 bridgehead atoms. The fraction of sp³-hybridized carbons (Fsp3) is 0.333. The van der Waals surface area contributed by atoms with E-state index in [1.807, 2.05) is 6.07 Å². The van der Waals surface area contributed by atoms with Crippen molar-refractivity contribution >= 4 is 5.97 Å². The quantitative estimate of drug-likeness (QED) is 0.743. The molecule has 90 valence electrons. The van der Waals surface area contributed by atoms with Crippen LogP contribution in [0.4, 0.5) is 0 Å². The zero-order valence-corrected chi connectivity index (χ0v) is 9.94. The number of nitrogens with zero attached hydrogens (tertiary/aromatic N) is 1. The molecule has 0 saturated carbocycles. The lowest BCUT2D eigenvalue weighted by Crippen LogP contribution is -2.08. The second-order valence-corrected chi connectivity index (χ2v) is 3.09. The van der Waals surface area contributed by atoms with Crippen molar-refractivity contribution in [2.24, 2.45) is 0 Å². The molecule has 1 rings (SSSR count). The Hall–Kier alpha value is -2.22. The minimum atomic E-state index is -0.551. The molecule has 0 spiro atoms. The van der Waals surface area contributed by atoms with Gasteiger partial charge in [-0.2, -0.15) is 5.26 Å². The molecule has 5 nitrogen and oxygen atoms in total. The zero-order valence-electron chi connectivity index (χ0n) is 9.94. The molecular weight excluding hydrogens is 222 g/mol. The van der Waals surface area contributed by atoms with Crippen LogP contribution in [0.5, 0.6) is 11.5 Å². The van der Waals surface area contributed by atoms with Crippen molar-refractivity contribution in [3.05, 3.63) is 23.3 Å². The van der Waals surface area contributed by atoms with Gasteiger partial charge in [-0.3, -0.25) is 0 Å². The second-order valence-electron chi connectivity index (χ2n) is 3.09. The van der Waals surface area contributed by atoms with E-state index in [0.717, 1.165) is 0 Å². The molecule has 5 heteroatoms. The smallest absolute Gasteiger partial charge is 0.339 e. The first-order valence-corrected chi connectivity index (χ1v) is 5.01. The van der Waals surface area contributed by atoms with Crippen LogP contribution in [0.3, 0.4) is 0 Å². The van der Waals surface area contributed by atoms with Crippen molar-refractivity contribution in [1.29, 1.82) is 5.26 Å². The normalized spacial score (nSPS) is 9.29. The van der Waals surface area contributed by atoms with Crippen molar-refractivity contribution in [3.8, 4) is 17.6 Å². The SMILES string of the molecule is CCOC(=O)c1cc(OC)c(OC)cc1C#N. The molecule has 0 heterocycles. The Morgan fingerprint density at radius 3 is 2.35 bits per heavy atom. The summed E-state index contributed by atoms with van der Waals surface area (Å²) in [6.07, 6.45) is 0. The molecular formula is C12H13NO4. The standard InChI is InChI=1S/C12H13NO4/c1-4-17-12(14)9-6-11(16-3)10(15-2)5-8(9)7-13/h5-6H,4H2,1-3H3. The van der Waals surface area contributed by atoms with Crippen molar-refractivity contribution in [2.75, 3.05) is 20.8 Å². The van der Waals surface area contributed by atoms with Gasteiger partial charge in [0.05, 0.1) is 32.0 Å². The van der Waals surface area contributed by atoms with Crippen LogP contribution in [0.2, 0.25) is 0 Å². The van der Waals surface area contributed by atoms with Crippen LogP contribution in [-0.4, -0.2) is 26.8 Å². The second kappa shape index (κ2) is 5.75. The third kappa shape index (κ3) is 2.67. The van der Waals surface area contributed by atoms with E-state index in [-0.39, 0.29) is 17.7 Å². The van der Waals surface area contributed by atoms with Crippen LogP contribution in [0.25, 0.3) is 0 Å². The van der Waals surface area contributed by atoms with Gasteiger partial charge in [-0.25, -0.2) is 4.79 Å². The Kier molecular flexibility index (Phi) is 4.35. The summed E-state index contributed by atoms with van der Waals surface area (Å²) in [5.74, 6) is 0.233. The van der Waals surface area contributed by atoms with Crippen LogP contribution in [0, 0.1) is 11.3 Å². The number of ether oxygens (including phenoxy) is 3. The number of carbonyl (C=O) groups is 1. The van der Waals surface area contributed by atoms with Gasteiger partial charge in [0, 0.05) is 6.07 Å². The molecule has 0 amide bonds. The van der Waals surface area contributed by atoms with Crippen molar-refractivity contribution in [1.82, 2.24) is 0 Å². The van der Waals surface area contributed by atoms with E-state index in [9.17, 15) is 4.79 Å². The topological polar surface area (TPSA) is 68.6 Å². The van der Waals surface area contributed by atoms with Gasteiger partial charge >= 0.3 is 5.97 Å². The third-order valence-corrected chi connectivity index (χ3v) is 2.14. The number of benzene rings is 1. The van der Waals surface area contributed by atoms with Gasteiger partial charge in [-0.05, 0) is 13.0 Å². The molecule has 17 heavy (non-hydrogen) atoms. The first kappa shape index (κ1) is 12.8. The third-order valence-electron chi connectivity index (χ3n) is 2.14. The molecule has 1 aromatic carbocycles. The number of nitriles is 1. The van der Waals surface area contributed by atoms with Crippen LogP contribution in [0.1, 0.15) is 22.8 Å². The minimum absolute atomic E-state index is 0.173. The highest BCUT2D eigenvalue weighted by molar-refractivity contribution is 5.93. The summed E-state index contributed by atoms with van der Waals surface area (Å²) in [6.45, 7) is 1.95. The Bertz CT molecular complexity index is 462. The van der Waals surface area contributed by atoms with Gasteiger partial charge in [-0.15, -0.1) is 0 Å². The van der Waals surface area contributed by atoms with Crippen molar-refractivity contribution in [3.63, 3.8) is 0 Å². The summed E-state index contributed by atoms with van der Waals surface area (Å²) in [6, 6.07) is 4.81. The van der Waals surface area contributed by atoms with Crippen LogP contribution < -0.4 is 9.47 Å². The molecule has 1 aromatic rings. The van der Waals surface area contributed by atoms with Crippen LogP contribution in [0.15, 0.2) is 12.1 Å². The maximum Gasteiger partial charge on any atom is 0.339 e. The maximum absolute atomic E-state index is 11.6. The minimum Gasteiger partial charge on any atom is -0.493 e. The number of hydrogen-bond donors (Lipinski definition) is 0. The van der Waals surface area contributed by atoms with Gasteiger partial charge in [-0.1, -0.05) is 0 Å². The number of carbonyl (C=O) groups excluding carboxylic acids is 1. The predicted molar refractivity (Wildman–Crippen MR) is 60.2 cm³/mol. The lowest BCUT2D eigenvalue weighted by atomic mass is 10.1. The summed E-state index contributed by atoms with van der Waals surface area (Å²) >= 11 is 0. The van der Waals surface area contributed by atoms with Gasteiger partial charge in [0.1, 0.15) is 6.07 Å². The van der Waals surface area contributed by atoms with E-state index in [2.05, 4.69) is 0 Å². The van der Waals surface area contributed by atoms with Gasteiger partial charge in [0.25, 0.3) is 0 Å². The van der Waals surface area contributed by atoms with E-state index < -0.39 is 5.97 Å². The lowest BCUT2D eigenvalue weighted by molar-refractivity contribution is 0.0525. The average molecular weight is 235 g/mol. The summed E-state index contributed by atoms with van der Waals surface area (Å²) < 4.78 is 15.0. The number of methoxy groups -OCH3 is 2. The molecule has 0 fully saturated rings. The molecule has 0 radical (unpaired) electrons. The fourth-order valence-corrected chi connectivity index (χ4v) is 1.35. The van der Waals surface area contributed by atoms with E-state index in [1.165, 1.54) is 26.4 Å². The van der Waals surface area contributed by atoms with Gasteiger partial charge < -0.3 is 14.2 Å². The first-order valence-electron chi connectivity index (χ1n) is 5.01. The molecule has 0 N–H and O–H groups in total. The van der Waals surface area contributed by atoms with Crippen LogP contribution in [-0.2, 0) is 4.74 Å². The molecule has 0 atom stereocenters. The monoisotopic (exact) mass is 235 g/mol. The largest absolute Gasteiger partial charge is 0.493 e. The first-order chi connectivity index (χ1) is 8.17. The Labute approximate surface area is 99.5 Å². The van der Waals surface area contributed by atoms with Crippen molar-refractivity contribution in [2.45, 2.75) is 6.92 Å². The Morgan fingerprint density at radius 2 is 1.88 bits per heavy atom. The molecule has 0 aliphatic rings. The fourth-order valence-electron chi connectivity index (χ4n) is 1.35. The van der Waals surface area contributed by atoms with E-state index in [0.29, 0.717) is 11.5 Å². The van der Waals surface area contributed by atoms with E-state index in [1.54, 1.807) is 6.92 Å². The lowest BCUT2D eigenvalue weighted by Gasteiger charge is -2.10. The predicted octanol–water partition coefficient (Wildman–Crippen LogP) is 1.75. The summed E-state index contributed by atoms with van der Waals surface area (Å²) in [5.41, 5.74) is 0.369. The van der Waals surface area contributed by atoms with E-state index in [4.69, 9.17) is 19.5 Å². The summed E-state index contributed by atoms with van der Waals surface area (Å²) in [7, 11) is 2.92. The molecule has 0 aliphatic heterocycles. The summed E-state index contributed by atoms with van der Waals surface area (Å²) in [5, 5.41) is 8.96. The van der Waals surface area contributed by atoms with E-state index >= 15 is 0 Å². The highest BCUT2D eigenvalue weighted by Gasteiger charge is 2.17. The maximum atomic E-state index is 11.6. The number of hydrogen-bond acceptors (Lipinski definition) is 5.